The van der Waals surface area contributed by atoms with Crippen LogP contribution in [-0.4, -0.2) is 46.7 Å². The van der Waals surface area contributed by atoms with Gasteiger partial charge >= 0.3 is 6.09 Å². The Labute approximate surface area is 152 Å². The van der Waals surface area contributed by atoms with Gasteiger partial charge in [0, 0.05) is 12.1 Å². The van der Waals surface area contributed by atoms with Gasteiger partial charge in [-0.05, 0) is 53.4 Å². The van der Waals surface area contributed by atoms with Crippen LogP contribution in [-0.2, 0) is 9.53 Å². The number of nitrogens with one attached hydrogen (secondary N) is 1. The van der Waals surface area contributed by atoms with Crippen molar-refractivity contribution in [1.82, 2.24) is 10.2 Å². The molecule has 0 spiro atoms. The highest BCUT2D eigenvalue weighted by Gasteiger charge is 2.38. The Balaban J connectivity index is 2.94. The average Bonchev–Trinajstić information content (AvgIpc) is 2.45. The highest BCUT2D eigenvalue weighted by atomic mass is 16.6. The molecule has 2 amide bonds. The van der Waals surface area contributed by atoms with Crippen LogP contribution in [0.25, 0.3) is 0 Å². The summed E-state index contributed by atoms with van der Waals surface area (Å²) in [6, 6.07) is -0.680. The van der Waals surface area contributed by atoms with E-state index in [0.29, 0.717) is 0 Å². The number of nitrogens with two attached hydrogens (primary N) is 1. The summed E-state index contributed by atoms with van der Waals surface area (Å²) in [7, 11) is 0. The smallest absolute Gasteiger partial charge is 0.410 e. The topological polar surface area (TPSA) is 84.7 Å². The minimum Gasteiger partial charge on any atom is -0.444 e. The van der Waals surface area contributed by atoms with Crippen LogP contribution in [0.2, 0.25) is 0 Å². The zero-order valence-electron chi connectivity index (χ0n) is 17.0. The summed E-state index contributed by atoms with van der Waals surface area (Å²) in [5.74, 6) is -0.0612. The molecule has 0 aromatic rings. The molecule has 1 saturated carbocycles. The minimum atomic E-state index is -0.544. The predicted octanol–water partition coefficient (Wildman–Crippen LogP) is 3.04. The lowest BCUT2D eigenvalue weighted by atomic mass is 9.88. The van der Waals surface area contributed by atoms with Crippen LogP contribution in [0.3, 0.4) is 0 Å². The summed E-state index contributed by atoms with van der Waals surface area (Å²) in [5, 5.41) is 3.09. The van der Waals surface area contributed by atoms with Crippen LogP contribution in [0.4, 0.5) is 4.79 Å². The third-order valence-electron chi connectivity index (χ3n) is 4.60. The van der Waals surface area contributed by atoms with Crippen molar-refractivity contribution < 1.29 is 14.3 Å². The second kappa shape index (κ2) is 8.88. The molecular formula is C19H37N3O3. The SMILES string of the molecule is CC(C)[C@H](N)C(=O)N[C@@H]1CCCC[C@H]1N(C(=O)OC(C)(C)C)C(C)C. The molecule has 6 heteroatoms. The second-order valence-corrected chi connectivity index (χ2v) is 8.72. The molecule has 25 heavy (non-hydrogen) atoms. The van der Waals surface area contributed by atoms with Crippen molar-refractivity contribution in [3.63, 3.8) is 0 Å². The molecule has 0 radical (unpaired) electrons. The Hall–Kier alpha value is -1.30. The summed E-state index contributed by atoms with van der Waals surface area (Å²) in [5.41, 5.74) is 5.44. The zero-order chi connectivity index (χ0) is 19.4. The second-order valence-electron chi connectivity index (χ2n) is 8.72. The van der Waals surface area contributed by atoms with E-state index in [1.165, 1.54) is 0 Å². The first-order valence-electron chi connectivity index (χ1n) is 9.51. The molecule has 1 rings (SSSR count). The van der Waals surface area contributed by atoms with Crippen molar-refractivity contribution in [3.8, 4) is 0 Å². The van der Waals surface area contributed by atoms with E-state index >= 15 is 0 Å². The first kappa shape index (κ1) is 21.7. The van der Waals surface area contributed by atoms with Gasteiger partial charge in [0.25, 0.3) is 0 Å². The Bertz CT molecular complexity index is 457. The lowest BCUT2D eigenvalue weighted by Crippen LogP contribution is -2.59. The molecule has 0 heterocycles. The van der Waals surface area contributed by atoms with Gasteiger partial charge in [0.2, 0.25) is 5.91 Å². The van der Waals surface area contributed by atoms with E-state index in [1.807, 2.05) is 48.5 Å². The number of hydrogen-bond acceptors (Lipinski definition) is 4. The van der Waals surface area contributed by atoms with Crippen molar-refractivity contribution in [2.75, 3.05) is 0 Å². The third kappa shape index (κ3) is 6.49. The fraction of sp³-hybridized carbons (Fsp3) is 0.895. The van der Waals surface area contributed by atoms with Gasteiger partial charge in [-0.15, -0.1) is 0 Å². The quantitative estimate of drug-likeness (QED) is 0.794. The molecule has 0 unspecified atom stereocenters. The molecule has 6 nitrogen and oxygen atoms in total. The van der Waals surface area contributed by atoms with Gasteiger partial charge < -0.3 is 20.7 Å². The molecule has 3 atom stereocenters. The van der Waals surface area contributed by atoms with Gasteiger partial charge in [0.05, 0.1) is 12.1 Å². The largest absolute Gasteiger partial charge is 0.444 e. The van der Waals surface area contributed by atoms with Gasteiger partial charge in [-0.3, -0.25) is 4.79 Å². The van der Waals surface area contributed by atoms with E-state index < -0.39 is 11.6 Å². The molecule has 0 bridgehead atoms. The van der Waals surface area contributed by atoms with Crippen molar-refractivity contribution in [1.29, 1.82) is 0 Å². The maximum absolute atomic E-state index is 12.7. The Morgan fingerprint density at radius 1 is 1.12 bits per heavy atom. The molecule has 0 aliphatic heterocycles. The molecule has 0 aromatic heterocycles. The first-order valence-corrected chi connectivity index (χ1v) is 9.51. The third-order valence-corrected chi connectivity index (χ3v) is 4.60. The summed E-state index contributed by atoms with van der Waals surface area (Å²) < 4.78 is 5.60. The molecule has 1 fully saturated rings. The Morgan fingerprint density at radius 3 is 2.16 bits per heavy atom. The van der Waals surface area contributed by atoms with Crippen LogP contribution in [0.15, 0.2) is 0 Å². The van der Waals surface area contributed by atoms with Gasteiger partial charge in [-0.25, -0.2) is 4.79 Å². The van der Waals surface area contributed by atoms with E-state index in [0.717, 1.165) is 25.7 Å². The summed E-state index contributed by atoms with van der Waals surface area (Å²) in [6.07, 6.45) is 3.48. The fourth-order valence-electron chi connectivity index (χ4n) is 3.24. The normalized spacial score (nSPS) is 22.6. The van der Waals surface area contributed by atoms with Crippen LogP contribution in [0.1, 0.15) is 74.1 Å². The highest BCUT2D eigenvalue weighted by molar-refractivity contribution is 5.82. The molecule has 0 saturated heterocycles. The predicted molar refractivity (Wildman–Crippen MR) is 100 cm³/mol. The van der Waals surface area contributed by atoms with E-state index in [1.54, 1.807) is 4.90 Å². The number of amides is 2. The fourth-order valence-corrected chi connectivity index (χ4v) is 3.24. The summed E-state index contributed by atoms with van der Waals surface area (Å²) >= 11 is 0. The van der Waals surface area contributed by atoms with Crippen LogP contribution >= 0.6 is 0 Å². The van der Waals surface area contributed by atoms with Crippen molar-refractivity contribution in [2.45, 2.75) is 104 Å². The van der Waals surface area contributed by atoms with Crippen LogP contribution in [0.5, 0.6) is 0 Å². The van der Waals surface area contributed by atoms with Gasteiger partial charge in [-0.2, -0.15) is 0 Å². The van der Waals surface area contributed by atoms with Gasteiger partial charge in [0.1, 0.15) is 5.60 Å². The molecule has 0 aromatic carbocycles. The maximum atomic E-state index is 12.7. The molecule has 146 valence electrons. The summed E-state index contributed by atoms with van der Waals surface area (Å²) in [6.45, 7) is 13.4. The molecule has 1 aliphatic carbocycles. The maximum Gasteiger partial charge on any atom is 0.410 e. The first-order chi connectivity index (χ1) is 11.4. The standard InChI is InChI=1S/C19H37N3O3/c1-12(2)16(20)17(23)21-14-10-8-9-11-15(14)22(13(3)4)18(24)25-19(5,6)7/h12-16H,8-11,20H2,1-7H3,(H,21,23)/t14-,15-,16+/m1/s1. The number of nitrogens with zero attached hydrogens (tertiary/aromatic N) is 1. The average molecular weight is 356 g/mol. The number of hydrogen-bond donors (Lipinski definition) is 2. The number of rotatable bonds is 5. The zero-order valence-corrected chi connectivity index (χ0v) is 17.0. The van der Waals surface area contributed by atoms with Crippen molar-refractivity contribution in [3.05, 3.63) is 0 Å². The van der Waals surface area contributed by atoms with E-state index in [9.17, 15) is 9.59 Å². The number of carbonyl (C=O) groups excluding carboxylic acids is 2. The Morgan fingerprint density at radius 2 is 1.68 bits per heavy atom. The van der Waals surface area contributed by atoms with E-state index in [2.05, 4.69) is 5.32 Å². The minimum absolute atomic E-state index is 0.00359. The van der Waals surface area contributed by atoms with Crippen molar-refractivity contribution >= 4 is 12.0 Å². The molecular weight excluding hydrogens is 318 g/mol. The van der Waals surface area contributed by atoms with Crippen LogP contribution < -0.4 is 11.1 Å². The molecule has 3 N–H and O–H groups in total. The lowest BCUT2D eigenvalue weighted by Gasteiger charge is -2.43. The summed E-state index contributed by atoms with van der Waals surface area (Å²) in [4.78, 5) is 26.9. The van der Waals surface area contributed by atoms with Gasteiger partial charge in [-0.1, -0.05) is 26.7 Å². The van der Waals surface area contributed by atoms with Crippen molar-refractivity contribution in [2.24, 2.45) is 11.7 Å². The van der Waals surface area contributed by atoms with Gasteiger partial charge in [0.15, 0.2) is 0 Å². The number of ether oxygens (including phenoxy) is 1. The highest BCUT2D eigenvalue weighted by Crippen LogP contribution is 2.27. The lowest BCUT2D eigenvalue weighted by molar-refractivity contribution is -0.124. The number of carbonyl (C=O) groups is 2. The van der Waals surface area contributed by atoms with E-state index in [-0.39, 0.29) is 36.0 Å². The van der Waals surface area contributed by atoms with E-state index in [4.69, 9.17) is 10.5 Å². The monoisotopic (exact) mass is 355 g/mol. The Kier molecular flexibility index (Phi) is 7.72. The molecule has 1 aliphatic rings. The van der Waals surface area contributed by atoms with Crippen LogP contribution in [0, 0.1) is 5.92 Å².